The number of aromatic nitrogens is 1. The molecule has 0 saturated carbocycles. The smallest absolute Gasteiger partial charge is 0.253 e. The van der Waals surface area contributed by atoms with E-state index in [2.05, 4.69) is 43.3 Å². The number of pyridine rings is 1. The molecule has 1 aliphatic heterocycles. The van der Waals surface area contributed by atoms with Crippen molar-refractivity contribution in [2.24, 2.45) is 0 Å². The van der Waals surface area contributed by atoms with E-state index in [9.17, 15) is 4.79 Å². The summed E-state index contributed by atoms with van der Waals surface area (Å²) in [6, 6.07) is 22.6. The predicted octanol–water partition coefficient (Wildman–Crippen LogP) is 5.61. The Balaban J connectivity index is 1.41. The number of carbonyl (C=O) groups is 1. The van der Waals surface area contributed by atoms with Gasteiger partial charge in [-0.3, -0.25) is 9.78 Å². The Labute approximate surface area is 184 Å². The number of carbonyl (C=O) groups excluding carboxylic acids is 1. The van der Waals surface area contributed by atoms with Crippen LogP contribution in [0.3, 0.4) is 0 Å². The first-order chi connectivity index (χ1) is 15.1. The summed E-state index contributed by atoms with van der Waals surface area (Å²) in [5.74, 6) is 0.503. The molecule has 3 aromatic rings. The van der Waals surface area contributed by atoms with Gasteiger partial charge in [-0.1, -0.05) is 42.5 Å². The van der Waals surface area contributed by atoms with Gasteiger partial charge in [-0.05, 0) is 67.6 Å². The first kappa shape index (κ1) is 21.3. The Bertz CT molecular complexity index is 1010. The van der Waals surface area contributed by atoms with E-state index in [0.29, 0.717) is 19.1 Å². The maximum atomic E-state index is 12.9. The van der Waals surface area contributed by atoms with Crippen molar-refractivity contribution in [3.63, 3.8) is 0 Å². The van der Waals surface area contributed by atoms with Gasteiger partial charge in [-0.15, -0.1) is 0 Å². The van der Waals surface area contributed by atoms with Crippen molar-refractivity contribution >= 4 is 5.91 Å². The van der Waals surface area contributed by atoms with Crippen LogP contribution in [0.15, 0.2) is 66.7 Å². The van der Waals surface area contributed by atoms with Crippen LogP contribution in [0.2, 0.25) is 0 Å². The highest BCUT2D eigenvalue weighted by Gasteiger charge is 2.25. The molecular weight excluding hydrogens is 384 g/mol. The van der Waals surface area contributed by atoms with Crippen LogP contribution in [-0.2, 0) is 11.3 Å². The van der Waals surface area contributed by atoms with E-state index in [4.69, 9.17) is 9.72 Å². The number of piperidine rings is 1. The van der Waals surface area contributed by atoms with Crippen molar-refractivity contribution in [3.8, 4) is 11.1 Å². The second kappa shape index (κ2) is 9.88. The zero-order chi connectivity index (χ0) is 21.6. The van der Waals surface area contributed by atoms with Gasteiger partial charge in [-0.2, -0.15) is 0 Å². The third-order valence-corrected chi connectivity index (χ3v) is 5.95. The molecular formula is C27H30N2O2. The first-order valence-electron chi connectivity index (χ1n) is 11.1. The van der Waals surface area contributed by atoms with E-state index in [1.54, 1.807) is 0 Å². The minimum absolute atomic E-state index is 0.114. The fourth-order valence-corrected chi connectivity index (χ4v) is 4.23. The monoisotopic (exact) mass is 414 g/mol. The number of nitrogens with zero attached hydrogens (tertiary/aromatic N) is 2. The summed E-state index contributed by atoms with van der Waals surface area (Å²) < 4.78 is 5.43. The van der Waals surface area contributed by atoms with Gasteiger partial charge < -0.3 is 9.64 Å². The molecule has 31 heavy (non-hydrogen) atoms. The van der Waals surface area contributed by atoms with Gasteiger partial charge in [0.2, 0.25) is 0 Å². The van der Waals surface area contributed by atoms with Gasteiger partial charge in [0.15, 0.2) is 0 Å². The Morgan fingerprint density at radius 1 is 1.00 bits per heavy atom. The molecule has 4 heteroatoms. The number of rotatable bonds is 6. The zero-order valence-electron chi connectivity index (χ0n) is 18.4. The molecule has 0 spiro atoms. The van der Waals surface area contributed by atoms with E-state index in [0.717, 1.165) is 48.4 Å². The Kier molecular flexibility index (Phi) is 6.78. The summed E-state index contributed by atoms with van der Waals surface area (Å²) in [6.45, 7) is 6.85. The molecule has 1 saturated heterocycles. The summed E-state index contributed by atoms with van der Waals surface area (Å²) in [7, 11) is 0. The van der Waals surface area contributed by atoms with Crippen LogP contribution in [-0.4, -0.2) is 35.5 Å². The van der Waals surface area contributed by atoms with Crippen molar-refractivity contribution in [3.05, 3.63) is 89.2 Å². The number of likely N-dealkylation sites (tertiary alicyclic amines) is 1. The lowest BCUT2D eigenvalue weighted by molar-refractivity contribution is 0.0712. The molecule has 0 atom stereocenters. The van der Waals surface area contributed by atoms with Gasteiger partial charge >= 0.3 is 0 Å². The fraction of sp³-hybridized carbons (Fsp3) is 0.333. The van der Waals surface area contributed by atoms with Gasteiger partial charge in [0.25, 0.3) is 5.91 Å². The highest BCUT2D eigenvalue weighted by atomic mass is 16.5. The number of hydrogen-bond acceptors (Lipinski definition) is 3. The van der Waals surface area contributed by atoms with Gasteiger partial charge in [0.05, 0.1) is 6.61 Å². The molecule has 4 nitrogen and oxygen atoms in total. The van der Waals surface area contributed by atoms with Crippen molar-refractivity contribution in [1.29, 1.82) is 0 Å². The van der Waals surface area contributed by atoms with E-state index in [1.807, 2.05) is 42.2 Å². The van der Waals surface area contributed by atoms with Gasteiger partial charge in [-0.25, -0.2) is 0 Å². The largest absolute Gasteiger partial charge is 0.377 e. The lowest BCUT2D eigenvalue weighted by Gasteiger charge is -2.32. The normalized spacial score (nSPS) is 14.6. The van der Waals surface area contributed by atoms with E-state index < -0.39 is 0 Å². The standard InChI is InChI=1S/C27H30N2O2/c1-3-31-19-21-9-11-24(12-10-21)27(30)29-15-13-23(14-16-29)26-18-25(17-20(2)28-26)22-7-5-4-6-8-22/h4-12,17-18,23H,3,13-16,19H2,1-2H3. The minimum Gasteiger partial charge on any atom is -0.377 e. The summed E-state index contributed by atoms with van der Waals surface area (Å²) in [5, 5.41) is 0. The van der Waals surface area contributed by atoms with Crippen LogP contribution in [0.25, 0.3) is 11.1 Å². The van der Waals surface area contributed by atoms with Crippen LogP contribution < -0.4 is 0 Å². The topological polar surface area (TPSA) is 42.4 Å². The Hall–Kier alpha value is -2.98. The van der Waals surface area contributed by atoms with Crippen molar-refractivity contribution in [2.75, 3.05) is 19.7 Å². The van der Waals surface area contributed by atoms with E-state index in [1.165, 1.54) is 11.1 Å². The van der Waals surface area contributed by atoms with Gasteiger partial charge in [0.1, 0.15) is 0 Å². The van der Waals surface area contributed by atoms with Crippen molar-refractivity contribution in [1.82, 2.24) is 9.88 Å². The maximum absolute atomic E-state index is 12.9. The molecule has 0 radical (unpaired) electrons. The summed E-state index contributed by atoms with van der Waals surface area (Å²) in [6.07, 6.45) is 1.89. The highest BCUT2D eigenvalue weighted by molar-refractivity contribution is 5.94. The average Bonchev–Trinajstić information content (AvgIpc) is 2.83. The average molecular weight is 415 g/mol. The molecule has 1 aromatic heterocycles. The van der Waals surface area contributed by atoms with Crippen LogP contribution in [0.4, 0.5) is 0 Å². The minimum atomic E-state index is 0.114. The summed E-state index contributed by atoms with van der Waals surface area (Å²) in [5.41, 5.74) is 6.47. The zero-order valence-corrected chi connectivity index (χ0v) is 18.4. The number of aryl methyl sites for hydroxylation is 1. The molecule has 0 N–H and O–H groups in total. The quantitative estimate of drug-likeness (QED) is 0.526. The molecule has 2 heterocycles. The highest BCUT2D eigenvalue weighted by Crippen LogP contribution is 2.31. The Morgan fingerprint density at radius 3 is 2.39 bits per heavy atom. The summed E-state index contributed by atoms with van der Waals surface area (Å²) in [4.78, 5) is 19.7. The molecule has 4 rings (SSSR count). The Morgan fingerprint density at radius 2 is 1.71 bits per heavy atom. The third-order valence-electron chi connectivity index (χ3n) is 5.95. The van der Waals surface area contributed by atoms with E-state index in [-0.39, 0.29) is 5.91 Å². The summed E-state index contributed by atoms with van der Waals surface area (Å²) >= 11 is 0. The molecule has 160 valence electrons. The van der Waals surface area contributed by atoms with Crippen LogP contribution in [0.1, 0.15) is 53.0 Å². The van der Waals surface area contributed by atoms with Crippen molar-refractivity contribution in [2.45, 2.75) is 39.2 Å². The molecule has 1 fully saturated rings. The second-order valence-electron chi connectivity index (χ2n) is 8.19. The molecule has 0 aliphatic carbocycles. The van der Waals surface area contributed by atoms with Crippen LogP contribution in [0.5, 0.6) is 0 Å². The molecule has 1 amide bonds. The van der Waals surface area contributed by atoms with Gasteiger partial charge in [0, 0.05) is 42.6 Å². The maximum Gasteiger partial charge on any atom is 0.253 e. The van der Waals surface area contributed by atoms with Crippen molar-refractivity contribution < 1.29 is 9.53 Å². The third kappa shape index (κ3) is 5.20. The number of ether oxygens (including phenoxy) is 1. The number of benzene rings is 2. The van der Waals surface area contributed by atoms with Crippen LogP contribution >= 0.6 is 0 Å². The molecule has 0 bridgehead atoms. The molecule has 1 aliphatic rings. The SMILES string of the molecule is CCOCc1ccc(C(=O)N2CCC(c3cc(-c4ccccc4)cc(C)n3)CC2)cc1. The van der Waals surface area contributed by atoms with E-state index >= 15 is 0 Å². The fourth-order valence-electron chi connectivity index (χ4n) is 4.23. The predicted molar refractivity (Wildman–Crippen MR) is 124 cm³/mol. The molecule has 2 aromatic carbocycles. The number of amides is 1. The first-order valence-corrected chi connectivity index (χ1v) is 11.1. The number of hydrogen-bond donors (Lipinski definition) is 0. The lowest BCUT2D eigenvalue weighted by Crippen LogP contribution is -2.38. The second-order valence-corrected chi connectivity index (χ2v) is 8.19. The lowest BCUT2D eigenvalue weighted by atomic mass is 9.91. The molecule has 0 unspecified atom stereocenters. The van der Waals surface area contributed by atoms with Crippen LogP contribution in [0, 0.1) is 6.92 Å².